The molecule has 2 aromatic rings. The van der Waals surface area contributed by atoms with E-state index in [1.54, 1.807) is 43.2 Å². The van der Waals surface area contributed by atoms with Crippen LogP contribution in [0.25, 0.3) is 0 Å². The number of hydrogen-bond donors (Lipinski definition) is 0. The van der Waals surface area contributed by atoms with Crippen molar-refractivity contribution in [2.24, 2.45) is 0 Å². The van der Waals surface area contributed by atoms with Gasteiger partial charge in [-0.3, -0.25) is 4.79 Å². The maximum Gasteiger partial charge on any atom is 0.159 e. The van der Waals surface area contributed by atoms with Crippen molar-refractivity contribution in [3.8, 4) is 5.75 Å². The van der Waals surface area contributed by atoms with Gasteiger partial charge in [0.25, 0.3) is 0 Å². The molecule has 0 aliphatic heterocycles. The zero-order valence-corrected chi connectivity index (χ0v) is 11.9. The van der Waals surface area contributed by atoms with Gasteiger partial charge >= 0.3 is 0 Å². The molecule has 0 unspecified atom stereocenters. The maximum absolute atomic E-state index is 11.4. The minimum absolute atomic E-state index is 0.0834. The lowest BCUT2D eigenvalue weighted by molar-refractivity contribution is 0.101. The lowest BCUT2D eigenvalue weighted by Gasteiger charge is -2.09. The fourth-order valence-corrected chi connectivity index (χ4v) is 3.37. The number of thioether (sulfide) groups is 1. The van der Waals surface area contributed by atoms with Gasteiger partial charge in [-0.1, -0.05) is 6.07 Å². The number of ether oxygens (including phenoxy) is 1. The number of thiophene rings is 1. The van der Waals surface area contributed by atoms with Crippen LogP contribution >= 0.6 is 23.1 Å². The molecule has 1 heterocycles. The Labute approximate surface area is 115 Å². The predicted molar refractivity (Wildman–Crippen MR) is 76.9 cm³/mol. The van der Waals surface area contributed by atoms with E-state index in [2.05, 4.69) is 11.4 Å². The summed E-state index contributed by atoms with van der Waals surface area (Å²) in [6.07, 6.45) is 0. The molecule has 18 heavy (non-hydrogen) atoms. The molecule has 0 saturated carbocycles. The largest absolute Gasteiger partial charge is 0.496 e. The van der Waals surface area contributed by atoms with Crippen molar-refractivity contribution in [1.29, 1.82) is 0 Å². The van der Waals surface area contributed by atoms with Crippen LogP contribution < -0.4 is 4.74 Å². The number of rotatable bonds is 5. The zero-order valence-electron chi connectivity index (χ0n) is 10.3. The number of benzene rings is 1. The van der Waals surface area contributed by atoms with E-state index in [0.29, 0.717) is 0 Å². The predicted octanol–water partition coefficient (Wildman–Crippen LogP) is 4.25. The van der Waals surface area contributed by atoms with Gasteiger partial charge in [-0.25, -0.2) is 0 Å². The Balaban J connectivity index is 2.18. The highest BCUT2D eigenvalue weighted by Gasteiger charge is 2.08. The first-order valence-corrected chi connectivity index (χ1v) is 7.41. The van der Waals surface area contributed by atoms with Gasteiger partial charge in [0.05, 0.1) is 11.3 Å². The van der Waals surface area contributed by atoms with Crippen LogP contribution in [-0.2, 0) is 5.75 Å². The quantitative estimate of drug-likeness (QED) is 0.604. The molecule has 2 nitrogen and oxygen atoms in total. The van der Waals surface area contributed by atoms with E-state index in [-0.39, 0.29) is 5.78 Å². The molecule has 1 aromatic carbocycles. The zero-order chi connectivity index (χ0) is 13.0. The molecule has 0 saturated heterocycles. The molecule has 0 bridgehead atoms. The molecule has 0 fully saturated rings. The van der Waals surface area contributed by atoms with E-state index >= 15 is 0 Å². The summed E-state index contributed by atoms with van der Waals surface area (Å²) in [7, 11) is 1.65. The van der Waals surface area contributed by atoms with Crippen LogP contribution in [0.2, 0.25) is 0 Å². The molecule has 2 rings (SSSR count). The highest BCUT2D eigenvalue weighted by molar-refractivity contribution is 8.00. The molecule has 0 N–H and O–H groups in total. The third-order valence-corrected chi connectivity index (χ3v) is 4.73. The van der Waals surface area contributed by atoms with Gasteiger partial charge < -0.3 is 4.74 Å². The summed E-state index contributed by atoms with van der Waals surface area (Å²) in [5.74, 6) is 1.73. The van der Waals surface area contributed by atoms with E-state index in [0.717, 1.165) is 22.6 Å². The molecular formula is C14H14O2S2. The SMILES string of the molecule is COc1ccc(C(C)=O)cc1CSc1cccs1. The topological polar surface area (TPSA) is 26.3 Å². The average Bonchev–Trinajstić information content (AvgIpc) is 2.89. The van der Waals surface area contributed by atoms with Gasteiger partial charge in [0.1, 0.15) is 5.75 Å². The molecule has 94 valence electrons. The number of ketones is 1. The highest BCUT2D eigenvalue weighted by atomic mass is 32.2. The Morgan fingerprint density at radius 1 is 1.39 bits per heavy atom. The number of carbonyl (C=O) groups is 1. The Kier molecular flexibility index (Phi) is 4.44. The molecule has 0 amide bonds. The molecule has 0 radical (unpaired) electrons. The molecule has 0 spiro atoms. The minimum atomic E-state index is 0.0834. The van der Waals surface area contributed by atoms with Crippen LogP contribution in [0.3, 0.4) is 0 Å². The van der Waals surface area contributed by atoms with E-state index in [4.69, 9.17) is 4.74 Å². The van der Waals surface area contributed by atoms with Crippen LogP contribution in [0, 0.1) is 0 Å². The lowest BCUT2D eigenvalue weighted by atomic mass is 10.1. The second kappa shape index (κ2) is 6.07. The van der Waals surface area contributed by atoms with Gasteiger partial charge in [0.15, 0.2) is 5.78 Å². The smallest absolute Gasteiger partial charge is 0.159 e. The average molecular weight is 278 g/mol. The van der Waals surface area contributed by atoms with E-state index in [1.807, 2.05) is 18.2 Å². The van der Waals surface area contributed by atoms with Gasteiger partial charge in [0, 0.05) is 16.9 Å². The third-order valence-electron chi connectivity index (χ3n) is 2.55. The summed E-state index contributed by atoms with van der Waals surface area (Å²) >= 11 is 3.48. The number of Topliss-reactive ketones (excluding diaryl/α,β-unsaturated/α-hetero) is 1. The number of hydrogen-bond acceptors (Lipinski definition) is 4. The minimum Gasteiger partial charge on any atom is -0.496 e. The van der Waals surface area contributed by atoms with Crippen molar-refractivity contribution in [2.45, 2.75) is 16.9 Å². The second-order valence-electron chi connectivity index (χ2n) is 3.80. The molecule has 0 aliphatic carbocycles. The lowest BCUT2D eigenvalue weighted by Crippen LogP contribution is -1.96. The number of carbonyl (C=O) groups excluding carboxylic acids is 1. The summed E-state index contributed by atoms with van der Waals surface area (Å²) in [5.41, 5.74) is 1.79. The normalized spacial score (nSPS) is 10.3. The summed E-state index contributed by atoms with van der Waals surface area (Å²) in [6.45, 7) is 1.58. The summed E-state index contributed by atoms with van der Waals surface area (Å²) in [4.78, 5) is 11.4. The summed E-state index contributed by atoms with van der Waals surface area (Å²) in [5, 5.41) is 2.06. The Morgan fingerprint density at radius 3 is 2.83 bits per heavy atom. The van der Waals surface area contributed by atoms with Crippen molar-refractivity contribution in [2.75, 3.05) is 7.11 Å². The summed E-state index contributed by atoms with van der Waals surface area (Å²) in [6, 6.07) is 9.72. The van der Waals surface area contributed by atoms with Gasteiger partial charge in [-0.05, 0) is 36.6 Å². The monoisotopic (exact) mass is 278 g/mol. The molecule has 0 aliphatic rings. The van der Waals surface area contributed by atoms with Gasteiger partial charge in [-0.15, -0.1) is 23.1 Å². The first kappa shape index (κ1) is 13.2. The van der Waals surface area contributed by atoms with Gasteiger partial charge in [0.2, 0.25) is 0 Å². The van der Waals surface area contributed by atoms with Crippen LogP contribution in [0.4, 0.5) is 0 Å². The van der Waals surface area contributed by atoms with Crippen LogP contribution in [-0.4, -0.2) is 12.9 Å². The van der Waals surface area contributed by atoms with Crippen molar-refractivity contribution in [3.63, 3.8) is 0 Å². The first-order chi connectivity index (χ1) is 8.70. The second-order valence-corrected chi connectivity index (χ2v) is 6.03. The van der Waals surface area contributed by atoms with Crippen molar-refractivity contribution in [3.05, 3.63) is 46.8 Å². The van der Waals surface area contributed by atoms with Gasteiger partial charge in [-0.2, -0.15) is 0 Å². The summed E-state index contributed by atoms with van der Waals surface area (Å²) < 4.78 is 6.60. The van der Waals surface area contributed by atoms with E-state index < -0.39 is 0 Å². The molecular weight excluding hydrogens is 264 g/mol. The fraction of sp³-hybridized carbons (Fsp3) is 0.214. The molecule has 1 aromatic heterocycles. The van der Waals surface area contributed by atoms with Crippen LogP contribution in [0.1, 0.15) is 22.8 Å². The standard InChI is InChI=1S/C14H14O2S2/c1-10(15)11-5-6-13(16-2)12(8-11)9-18-14-4-3-7-17-14/h3-8H,9H2,1-2H3. The van der Waals surface area contributed by atoms with Crippen molar-refractivity contribution in [1.82, 2.24) is 0 Å². The Hall–Kier alpha value is -1.26. The van der Waals surface area contributed by atoms with Crippen LogP contribution in [0.15, 0.2) is 39.9 Å². The van der Waals surface area contributed by atoms with E-state index in [9.17, 15) is 4.79 Å². The Bertz CT molecular complexity index is 533. The van der Waals surface area contributed by atoms with E-state index in [1.165, 1.54) is 4.21 Å². The fourth-order valence-electron chi connectivity index (χ4n) is 1.60. The maximum atomic E-state index is 11.4. The Morgan fingerprint density at radius 2 is 2.22 bits per heavy atom. The third kappa shape index (κ3) is 3.15. The first-order valence-electron chi connectivity index (χ1n) is 5.55. The number of methoxy groups -OCH3 is 1. The highest BCUT2D eigenvalue weighted by Crippen LogP contribution is 2.31. The van der Waals surface area contributed by atoms with Crippen LogP contribution in [0.5, 0.6) is 5.75 Å². The van der Waals surface area contributed by atoms with Crippen molar-refractivity contribution >= 4 is 28.9 Å². The molecule has 4 heteroatoms. The molecule has 0 atom stereocenters. The van der Waals surface area contributed by atoms with Crippen molar-refractivity contribution < 1.29 is 9.53 Å².